The minimum Gasteiger partial charge on any atom is -0.394 e. The number of aromatic amines is 1. The van der Waals surface area contributed by atoms with Crippen LogP contribution in [0.15, 0.2) is 48.8 Å². The van der Waals surface area contributed by atoms with Crippen molar-refractivity contribution >= 4 is 11.9 Å². The molecule has 0 unspecified atom stereocenters. The number of aryl methyl sites for hydroxylation is 1. The van der Waals surface area contributed by atoms with Crippen LogP contribution in [0.1, 0.15) is 40.5 Å². The van der Waals surface area contributed by atoms with Crippen LogP contribution in [0.4, 0.5) is 5.95 Å². The summed E-state index contributed by atoms with van der Waals surface area (Å²) in [5.41, 5.74) is 3.79. The second-order valence-electron chi connectivity index (χ2n) is 8.12. The van der Waals surface area contributed by atoms with Gasteiger partial charge < -0.3 is 25.6 Å². The Hall–Kier alpha value is -3.23. The number of carbonyl (C=O) groups excluding carboxylic acids is 1. The fourth-order valence-electron chi connectivity index (χ4n) is 3.97. The first-order valence-corrected chi connectivity index (χ1v) is 11.1. The number of aliphatic hydroxyl groups excluding tert-OH is 1. The SMILES string of the molecule is Cc1cnc(NCCN2CCCC2)nc1-c1c[nH]c(C(=O)N[C@H](CO)c2ccccc2)c1. The van der Waals surface area contributed by atoms with Crippen molar-refractivity contribution < 1.29 is 9.90 Å². The third kappa shape index (κ3) is 5.33. The monoisotopic (exact) mass is 434 g/mol. The van der Waals surface area contributed by atoms with E-state index in [2.05, 4.69) is 30.5 Å². The molecule has 1 saturated heterocycles. The van der Waals surface area contributed by atoms with Crippen LogP contribution < -0.4 is 10.6 Å². The fraction of sp³-hybridized carbons (Fsp3) is 0.375. The summed E-state index contributed by atoms with van der Waals surface area (Å²) >= 11 is 0. The van der Waals surface area contributed by atoms with E-state index in [0.29, 0.717) is 11.6 Å². The molecule has 3 heterocycles. The molecule has 1 amide bonds. The van der Waals surface area contributed by atoms with Crippen molar-refractivity contribution in [3.63, 3.8) is 0 Å². The van der Waals surface area contributed by atoms with Gasteiger partial charge in [-0.3, -0.25) is 4.79 Å². The van der Waals surface area contributed by atoms with Crippen molar-refractivity contribution in [1.29, 1.82) is 0 Å². The highest BCUT2D eigenvalue weighted by molar-refractivity contribution is 5.94. The zero-order valence-corrected chi connectivity index (χ0v) is 18.3. The molecule has 8 nitrogen and oxygen atoms in total. The predicted molar refractivity (Wildman–Crippen MR) is 124 cm³/mol. The summed E-state index contributed by atoms with van der Waals surface area (Å²) in [6.07, 6.45) is 6.12. The molecule has 1 aliphatic heterocycles. The summed E-state index contributed by atoms with van der Waals surface area (Å²) in [4.78, 5) is 27.3. The standard InChI is InChI=1S/C24H30N6O2/c1-17-14-27-24(25-9-12-30-10-5-6-11-30)29-22(17)19-13-20(26-15-19)23(32)28-21(16-31)18-7-3-2-4-8-18/h2-4,7-8,13-15,21,26,31H,5-6,9-12,16H2,1H3,(H,28,32)(H,25,27,29)/t21-/m1/s1. The van der Waals surface area contributed by atoms with Gasteiger partial charge in [-0.25, -0.2) is 9.97 Å². The van der Waals surface area contributed by atoms with Crippen molar-refractivity contribution in [2.45, 2.75) is 25.8 Å². The van der Waals surface area contributed by atoms with Crippen LogP contribution in [0.5, 0.6) is 0 Å². The molecule has 1 aliphatic rings. The molecule has 1 atom stereocenters. The fourth-order valence-corrected chi connectivity index (χ4v) is 3.97. The Labute approximate surface area is 188 Å². The molecule has 0 saturated carbocycles. The number of rotatable bonds is 9. The molecular weight excluding hydrogens is 404 g/mol. The number of nitrogens with zero attached hydrogens (tertiary/aromatic N) is 3. The maximum atomic E-state index is 12.7. The maximum Gasteiger partial charge on any atom is 0.268 e. The average molecular weight is 435 g/mol. The zero-order chi connectivity index (χ0) is 22.3. The number of likely N-dealkylation sites (tertiary alicyclic amines) is 1. The number of carbonyl (C=O) groups is 1. The molecule has 1 aromatic carbocycles. The van der Waals surface area contributed by atoms with Crippen LogP contribution in [-0.2, 0) is 0 Å². The van der Waals surface area contributed by atoms with E-state index in [-0.39, 0.29) is 12.5 Å². The van der Waals surface area contributed by atoms with E-state index in [1.807, 2.05) is 37.3 Å². The molecule has 8 heteroatoms. The summed E-state index contributed by atoms with van der Waals surface area (Å²) in [6, 6.07) is 10.7. The predicted octanol–water partition coefficient (Wildman–Crippen LogP) is 2.75. The topological polar surface area (TPSA) is 106 Å². The summed E-state index contributed by atoms with van der Waals surface area (Å²) in [7, 11) is 0. The van der Waals surface area contributed by atoms with Gasteiger partial charge in [0.05, 0.1) is 18.3 Å². The van der Waals surface area contributed by atoms with E-state index in [4.69, 9.17) is 0 Å². The van der Waals surface area contributed by atoms with Gasteiger partial charge in [-0.2, -0.15) is 0 Å². The van der Waals surface area contributed by atoms with Gasteiger partial charge in [-0.1, -0.05) is 30.3 Å². The lowest BCUT2D eigenvalue weighted by Crippen LogP contribution is -2.30. The first-order valence-electron chi connectivity index (χ1n) is 11.1. The number of nitrogens with one attached hydrogen (secondary N) is 3. The van der Waals surface area contributed by atoms with Gasteiger partial charge in [0.1, 0.15) is 5.69 Å². The molecule has 2 aromatic heterocycles. The van der Waals surface area contributed by atoms with E-state index in [0.717, 1.165) is 48.6 Å². The Balaban J connectivity index is 1.42. The van der Waals surface area contributed by atoms with Gasteiger partial charge in [0, 0.05) is 31.0 Å². The van der Waals surface area contributed by atoms with Gasteiger partial charge in [0.2, 0.25) is 5.95 Å². The second kappa shape index (κ2) is 10.4. The van der Waals surface area contributed by atoms with E-state index in [1.165, 1.54) is 12.8 Å². The van der Waals surface area contributed by atoms with Crippen LogP contribution in [0, 0.1) is 6.92 Å². The van der Waals surface area contributed by atoms with E-state index in [9.17, 15) is 9.90 Å². The van der Waals surface area contributed by atoms with Crippen LogP contribution in [0.2, 0.25) is 0 Å². The third-order valence-corrected chi connectivity index (χ3v) is 5.77. The van der Waals surface area contributed by atoms with Crippen molar-refractivity contribution in [1.82, 2.24) is 25.2 Å². The smallest absolute Gasteiger partial charge is 0.268 e. The van der Waals surface area contributed by atoms with Crippen molar-refractivity contribution in [2.24, 2.45) is 0 Å². The van der Waals surface area contributed by atoms with Gasteiger partial charge in [-0.05, 0) is 50.0 Å². The molecule has 3 aromatic rings. The molecule has 0 spiro atoms. The number of benzene rings is 1. The van der Waals surface area contributed by atoms with Crippen LogP contribution in [-0.4, -0.2) is 63.7 Å². The van der Waals surface area contributed by atoms with Crippen molar-refractivity contribution in [3.8, 4) is 11.3 Å². The molecule has 1 fully saturated rings. The lowest BCUT2D eigenvalue weighted by Gasteiger charge is -2.16. The number of H-pyrrole nitrogens is 1. The van der Waals surface area contributed by atoms with Gasteiger partial charge in [0.25, 0.3) is 5.91 Å². The largest absolute Gasteiger partial charge is 0.394 e. The molecule has 0 bridgehead atoms. The van der Waals surface area contributed by atoms with Crippen LogP contribution in [0.25, 0.3) is 11.3 Å². The molecule has 0 aliphatic carbocycles. The summed E-state index contributed by atoms with van der Waals surface area (Å²) < 4.78 is 0. The maximum absolute atomic E-state index is 12.7. The van der Waals surface area contributed by atoms with Crippen molar-refractivity contribution in [2.75, 3.05) is 38.1 Å². The number of anilines is 1. The Kier molecular flexibility index (Phi) is 7.14. The Morgan fingerprint density at radius 2 is 2.03 bits per heavy atom. The first kappa shape index (κ1) is 22.0. The number of aromatic nitrogens is 3. The lowest BCUT2D eigenvalue weighted by molar-refractivity contribution is 0.0912. The van der Waals surface area contributed by atoms with E-state index < -0.39 is 6.04 Å². The second-order valence-corrected chi connectivity index (χ2v) is 8.12. The summed E-state index contributed by atoms with van der Waals surface area (Å²) in [5.74, 6) is 0.302. The number of hydrogen-bond donors (Lipinski definition) is 4. The summed E-state index contributed by atoms with van der Waals surface area (Å²) in [5, 5.41) is 15.9. The third-order valence-electron chi connectivity index (χ3n) is 5.77. The van der Waals surface area contributed by atoms with Gasteiger partial charge in [0.15, 0.2) is 0 Å². The van der Waals surface area contributed by atoms with E-state index in [1.54, 1.807) is 18.5 Å². The Morgan fingerprint density at radius 3 is 2.78 bits per heavy atom. The van der Waals surface area contributed by atoms with Crippen molar-refractivity contribution in [3.05, 3.63) is 65.6 Å². The molecule has 4 N–H and O–H groups in total. The van der Waals surface area contributed by atoms with E-state index >= 15 is 0 Å². The number of aliphatic hydroxyl groups is 1. The first-order chi connectivity index (χ1) is 15.6. The molecule has 4 rings (SSSR count). The highest BCUT2D eigenvalue weighted by Gasteiger charge is 2.18. The number of amides is 1. The summed E-state index contributed by atoms with van der Waals surface area (Å²) in [6.45, 7) is 5.88. The van der Waals surface area contributed by atoms with Crippen LogP contribution in [0.3, 0.4) is 0 Å². The quantitative estimate of drug-likeness (QED) is 0.413. The highest BCUT2D eigenvalue weighted by atomic mass is 16.3. The minimum absolute atomic E-state index is 0.180. The molecule has 168 valence electrons. The normalized spacial score (nSPS) is 14.9. The molecule has 32 heavy (non-hydrogen) atoms. The van der Waals surface area contributed by atoms with Crippen LogP contribution >= 0.6 is 0 Å². The van der Waals surface area contributed by atoms with Gasteiger partial charge >= 0.3 is 0 Å². The Bertz CT molecular complexity index is 1030. The highest BCUT2D eigenvalue weighted by Crippen LogP contribution is 2.23. The average Bonchev–Trinajstić information content (AvgIpc) is 3.51. The Morgan fingerprint density at radius 1 is 1.25 bits per heavy atom. The van der Waals surface area contributed by atoms with Gasteiger partial charge in [-0.15, -0.1) is 0 Å². The molecular formula is C24H30N6O2. The lowest BCUT2D eigenvalue weighted by atomic mass is 10.1. The zero-order valence-electron chi connectivity index (χ0n) is 18.3. The molecule has 0 radical (unpaired) electrons. The number of hydrogen-bond acceptors (Lipinski definition) is 6. The minimum atomic E-state index is -0.470.